The predicted octanol–water partition coefficient (Wildman–Crippen LogP) is 4.73. The molecule has 1 aromatic heterocycles. The van der Waals surface area contributed by atoms with Crippen molar-refractivity contribution in [3.8, 4) is 11.3 Å². The molecule has 1 N–H and O–H groups in total. The molecule has 0 unspecified atom stereocenters. The molecule has 4 heteroatoms. The summed E-state index contributed by atoms with van der Waals surface area (Å²) in [5.41, 5.74) is 1.98. The topological polar surface area (TPSA) is 31.9 Å². The maximum absolute atomic E-state index is 13.1. The van der Waals surface area contributed by atoms with Gasteiger partial charge in [-0.1, -0.05) is 19.3 Å². The van der Waals surface area contributed by atoms with Gasteiger partial charge in [0.15, 0.2) is 0 Å². The van der Waals surface area contributed by atoms with Gasteiger partial charge in [-0.2, -0.15) is 0 Å². The Kier molecular flexibility index (Phi) is 4.65. The number of nitrogens with one attached hydrogen (secondary N) is 1. The van der Waals surface area contributed by atoms with Crippen LogP contribution in [0.2, 0.25) is 0 Å². The average Bonchev–Trinajstić information content (AvgIpc) is 3.13. The molecule has 1 aliphatic heterocycles. The molecule has 128 valence electrons. The van der Waals surface area contributed by atoms with Crippen molar-refractivity contribution < 1.29 is 4.39 Å². The fraction of sp³-hybridized carbons (Fsp3) is 0.550. The Morgan fingerprint density at radius 3 is 2.38 bits per heavy atom. The smallest absolute Gasteiger partial charge is 0.123 e. The van der Waals surface area contributed by atoms with Gasteiger partial charge in [-0.15, -0.1) is 0 Å². The third-order valence-corrected chi connectivity index (χ3v) is 5.76. The van der Waals surface area contributed by atoms with Gasteiger partial charge in [-0.05, 0) is 68.6 Å². The van der Waals surface area contributed by atoms with Crippen LogP contribution >= 0.6 is 0 Å². The van der Waals surface area contributed by atoms with Crippen LogP contribution in [0, 0.1) is 5.82 Å². The molecule has 1 saturated carbocycles. The highest BCUT2D eigenvalue weighted by molar-refractivity contribution is 5.58. The van der Waals surface area contributed by atoms with Crippen molar-refractivity contribution in [1.82, 2.24) is 14.9 Å². The van der Waals surface area contributed by atoms with E-state index < -0.39 is 0 Å². The standard InChI is InChI=1S/C20H26FN3/c21-17-8-6-15(7-9-17)19-14-22-20(23-19)16-10-12-24(13-11-16)18-4-2-1-3-5-18/h6-9,14,16,18H,1-5,10-13H2,(H,22,23). The van der Waals surface area contributed by atoms with Gasteiger partial charge >= 0.3 is 0 Å². The Labute approximate surface area is 143 Å². The van der Waals surface area contributed by atoms with Crippen LogP contribution in [0.4, 0.5) is 4.39 Å². The summed E-state index contributed by atoms with van der Waals surface area (Å²) in [4.78, 5) is 10.8. The Morgan fingerprint density at radius 1 is 0.958 bits per heavy atom. The van der Waals surface area contributed by atoms with Crippen molar-refractivity contribution in [2.75, 3.05) is 13.1 Å². The second kappa shape index (κ2) is 7.06. The first kappa shape index (κ1) is 15.8. The Bertz CT molecular complexity index is 650. The normalized spacial score (nSPS) is 21.2. The number of aromatic amines is 1. The zero-order valence-electron chi connectivity index (χ0n) is 14.2. The lowest BCUT2D eigenvalue weighted by Gasteiger charge is -2.38. The molecule has 2 aliphatic rings. The minimum atomic E-state index is -0.200. The van der Waals surface area contributed by atoms with Crippen molar-refractivity contribution in [3.05, 3.63) is 42.1 Å². The lowest BCUT2D eigenvalue weighted by Crippen LogP contribution is -2.42. The number of imidazole rings is 1. The van der Waals surface area contributed by atoms with Crippen LogP contribution in [-0.4, -0.2) is 34.0 Å². The van der Waals surface area contributed by atoms with Crippen molar-refractivity contribution >= 4 is 0 Å². The number of H-pyrrole nitrogens is 1. The summed E-state index contributed by atoms with van der Waals surface area (Å²) in [6, 6.07) is 7.43. The van der Waals surface area contributed by atoms with E-state index in [2.05, 4.69) is 14.9 Å². The molecule has 0 amide bonds. The Balaban J connectivity index is 1.38. The van der Waals surface area contributed by atoms with Gasteiger partial charge in [0.1, 0.15) is 11.6 Å². The predicted molar refractivity (Wildman–Crippen MR) is 94.4 cm³/mol. The maximum atomic E-state index is 13.1. The second-order valence-corrected chi connectivity index (χ2v) is 7.29. The SMILES string of the molecule is Fc1ccc(-c2cnc(C3CCN(C4CCCCC4)CC3)[nH]2)cc1. The molecule has 0 spiro atoms. The summed E-state index contributed by atoms with van der Waals surface area (Å²) < 4.78 is 13.1. The largest absolute Gasteiger partial charge is 0.342 e. The quantitative estimate of drug-likeness (QED) is 0.884. The summed E-state index contributed by atoms with van der Waals surface area (Å²) in [5.74, 6) is 1.42. The lowest BCUT2D eigenvalue weighted by atomic mass is 9.90. The number of hydrogen-bond donors (Lipinski definition) is 1. The number of likely N-dealkylation sites (tertiary alicyclic amines) is 1. The molecule has 0 radical (unpaired) electrons. The molecule has 1 saturated heterocycles. The van der Waals surface area contributed by atoms with Crippen molar-refractivity contribution in [1.29, 1.82) is 0 Å². The van der Waals surface area contributed by atoms with Crippen LogP contribution in [-0.2, 0) is 0 Å². The van der Waals surface area contributed by atoms with E-state index in [9.17, 15) is 4.39 Å². The van der Waals surface area contributed by atoms with E-state index in [4.69, 9.17) is 0 Å². The first-order chi connectivity index (χ1) is 11.8. The number of nitrogens with zero attached hydrogens (tertiary/aromatic N) is 2. The minimum absolute atomic E-state index is 0.200. The molecule has 1 aromatic carbocycles. The van der Waals surface area contributed by atoms with Gasteiger partial charge in [-0.3, -0.25) is 0 Å². The molecule has 2 fully saturated rings. The molecule has 2 aromatic rings. The van der Waals surface area contributed by atoms with Crippen LogP contribution in [0.15, 0.2) is 30.5 Å². The van der Waals surface area contributed by atoms with Gasteiger partial charge < -0.3 is 9.88 Å². The van der Waals surface area contributed by atoms with Crippen LogP contribution in [0.1, 0.15) is 56.7 Å². The van der Waals surface area contributed by atoms with E-state index in [0.717, 1.165) is 23.1 Å². The number of rotatable bonds is 3. The van der Waals surface area contributed by atoms with Crippen LogP contribution in [0.25, 0.3) is 11.3 Å². The second-order valence-electron chi connectivity index (χ2n) is 7.29. The van der Waals surface area contributed by atoms with Crippen molar-refractivity contribution in [2.45, 2.75) is 56.9 Å². The Morgan fingerprint density at radius 2 is 1.67 bits per heavy atom. The minimum Gasteiger partial charge on any atom is -0.342 e. The molecule has 1 aliphatic carbocycles. The number of piperidine rings is 1. The Hall–Kier alpha value is -1.68. The highest BCUT2D eigenvalue weighted by atomic mass is 19.1. The number of aromatic nitrogens is 2. The average molecular weight is 327 g/mol. The molecule has 24 heavy (non-hydrogen) atoms. The third kappa shape index (κ3) is 3.39. The summed E-state index contributed by atoms with van der Waals surface area (Å²) in [6.45, 7) is 2.39. The van der Waals surface area contributed by atoms with E-state index in [1.54, 1.807) is 12.1 Å². The van der Waals surface area contributed by atoms with Crippen LogP contribution < -0.4 is 0 Å². The van der Waals surface area contributed by atoms with Gasteiger partial charge in [-0.25, -0.2) is 9.37 Å². The highest BCUT2D eigenvalue weighted by Crippen LogP contribution is 2.31. The lowest BCUT2D eigenvalue weighted by molar-refractivity contribution is 0.121. The zero-order valence-corrected chi connectivity index (χ0v) is 14.2. The maximum Gasteiger partial charge on any atom is 0.123 e. The fourth-order valence-electron chi connectivity index (χ4n) is 4.30. The monoisotopic (exact) mass is 327 g/mol. The number of halogens is 1. The van der Waals surface area contributed by atoms with Gasteiger partial charge in [0.05, 0.1) is 11.9 Å². The summed E-state index contributed by atoms with van der Waals surface area (Å²) in [6.07, 6.45) is 11.3. The van der Waals surface area contributed by atoms with Gasteiger partial charge in [0, 0.05) is 12.0 Å². The number of benzene rings is 1. The molecule has 0 bridgehead atoms. The molecule has 4 rings (SSSR count). The van der Waals surface area contributed by atoms with E-state index in [0.29, 0.717) is 5.92 Å². The zero-order chi connectivity index (χ0) is 16.4. The van der Waals surface area contributed by atoms with E-state index >= 15 is 0 Å². The van der Waals surface area contributed by atoms with Crippen molar-refractivity contribution in [2.24, 2.45) is 0 Å². The fourth-order valence-corrected chi connectivity index (χ4v) is 4.30. The first-order valence-corrected chi connectivity index (χ1v) is 9.34. The van der Waals surface area contributed by atoms with Gasteiger partial charge in [0.25, 0.3) is 0 Å². The molecule has 2 heterocycles. The molecular formula is C20H26FN3. The van der Waals surface area contributed by atoms with E-state index in [1.165, 1.54) is 70.2 Å². The third-order valence-electron chi connectivity index (χ3n) is 5.76. The van der Waals surface area contributed by atoms with E-state index in [-0.39, 0.29) is 5.82 Å². The molecular weight excluding hydrogens is 301 g/mol. The van der Waals surface area contributed by atoms with Gasteiger partial charge in [0.2, 0.25) is 0 Å². The van der Waals surface area contributed by atoms with E-state index in [1.807, 2.05) is 6.20 Å². The molecule has 3 nitrogen and oxygen atoms in total. The van der Waals surface area contributed by atoms with Crippen LogP contribution in [0.5, 0.6) is 0 Å². The molecule has 0 atom stereocenters. The first-order valence-electron chi connectivity index (χ1n) is 9.34. The van der Waals surface area contributed by atoms with Crippen molar-refractivity contribution in [3.63, 3.8) is 0 Å². The summed E-state index contributed by atoms with van der Waals surface area (Å²) in [7, 11) is 0. The number of hydrogen-bond acceptors (Lipinski definition) is 2. The summed E-state index contributed by atoms with van der Waals surface area (Å²) >= 11 is 0. The van der Waals surface area contributed by atoms with Crippen LogP contribution in [0.3, 0.4) is 0 Å². The highest BCUT2D eigenvalue weighted by Gasteiger charge is 2.28. The summed E-state index contributed by atoms with van der Waals surface area (Å²) in [5, 5.41) is 0.